The molecule has 0 aliphatic rings. The van der Waals surface area contributed by atoms with E-state index in [4.69, 9.17) is 5.73 Å². The van der Waals surface area contributed by atoms with E-state index in [-0.39, 0.29) is 17.7 Å². The summed E-state index contributed by atoms with van der Waals surface area (Å²) in [6.45, 7) is 3.66. The minimum atomic E-state index is -0.0976. The number of hydrogen-bond acceptors (Lipinski definition) is 3. The van der Waals surface area contributed by atoms with E-state index in [2.05, 4.69) is 10.6 Å². The summed E-state index contributed by atoms with van der Waals surface area (Å²) in [5, 5.41) is 5.66. The van der Waals surface area contributed by atoms with Crippen LogP contribution in [0.1, 0.15) is 25.8 Å². The highest BCUT2D eigenvalue weighted by molar-refractivity contribution is 5.94. The van der Waals surface area contributed by atoms with Gasteiger partial charge in [-0.1, -0.05) is 38.1 Å². The third kappa shape index (κ3) is 5.12. The van der Waals surface area contributed by atoms with Crippen LogP contribution >= 0.6 is 0 Å². The molecule has 0 atom stereocenters. The van der Waals surface area contributed by atoms with E-state index >= 15 is 0 Å². The molecule has 0 radical (unpaired) electrons. The fraction of sp³-hybridized carbons (Fsp3) is 0.263. The number of rotatable bonds is 6. The first-order chi connectivity index (χ1) is 11.5. The van der Waals surface area contributed by atoms with E-state index in [1.165, 1.54) is 0 Å². The van der Waals surface area contributed by atoms with Gasteiger partial charge in [0.2, 0.25) is 11.8 Å². The Morgan fingerprint density at radius 2 is 1.67 bits per heavy atom. The van der Waals surface area contributed by atoms with Crippen molar-refractivity contribution in [3.63, 3.8) is 0 Å². The summed E-state index contributed by atoms with van der Waals surface area (Å²) < 4.78 is 0. The predicted octanol–water partition coefficient (Wildman–Crippen LogP) is 3.43. The number of carbonyl (C=O) groups excluding carboxylic acids is 2. The van der Waals surface area contributed by atoms with Crippen molar-refractivity contribution in [2.75, 3.05) is 16.4 Å². The Kier molecular flexibility index (Phi) is 5.95. The van der Waals surface area contributed by atoms with E-state index < -0.39 is 0 Å². The average molecular weight is 325 g/mol. The molecule has 2 aromatic rings. The molecule has 5 nitrogen and oxygen atoms in total. The molecule has 0 unspecified atom stereocenters. The van der Waals surface area contributed by atoms with Gasteiger partial charge in [0.1, 0.15) is 0 Å². The van der Waals surface area contributed by atoms with Crippen molar-refractivity contribution in [3.8, 4) is 0 Å². The zero-order valence-corrected chi connectivity index (χ0v) is 14.0. The van der Waals surface area contributed by atoms with Crippen LogP contribution in [0.2, 0.25) is 0 Å². The molecule has 2 rings (SSSR count). The Morgan fingerprint density at radius 1 is 1.00 bits per heavy atom. The number of amides is 2. The number of benzene rings is 2. The molecule has 2 aromatic carbocycles. The zero-order valence-electron chi connectivity index (χ0n) is 14.0. The topological polar surface area (TPSA) is 84.2 Å². The van der Waals surface area contributed by atoms with Gasteiger partial charge in [-0.15, -0.1) is 0 Å². The summed E-state index contributed by atoms with van der Waals surface area (Å²) in [5.74, 6) is -0.247. The molecular formula is C19H23N3O2. The number of para-hydroxylation sites is 1. The molecule has 0 saturated heterocycles. The average Bonchev–Trinajstić information content (AvgIpc) is 2.54. The van der Waals surface area contributed by atoms with Crippen LogP contribution < -0.4 is 16.4 Å². The summed E-state index contributed by atoms with van der Waals surface area (Å²) in [6, 6.07) is 14.6. The summed E-state index contributed by atoms with van der Waals surface area (Å²) in [7, 11) is 0. The molecular weight excluding hydrogens is 302 g/mol. The van der Waals surface area contributed by atoms with E-state index in [9.17, 15) is 9.59 Å². The molecule has 0 saturated carbocycles. The normalized spacial score (nSPS) is 10.5. The van der Waals surface area contributed by atoms with Gasteiger partial charge in [-0.2, -0.15) is 0 Å². The number of anilines is 3. The second-order valence-electron chi connectivity index (χ2n) is 5.97. The smallest absolute Gasteiger partial charge is 0.226 e. The highest BCUT2D eigenvalue weighted by Gasteiger charge is 2.09. The number of nitrogens with two attached hydrogens (primary N) is 1. The molecule has 2 amide bonds. The van der Waals surface area contributed by atoms with Crippen LogP contribution in [0.4, 0.5) is 17.1 Å². The van der Waals surface area contributed by atoms with Crippen molar-refractivity contribution < 1.29 is 9.59 Å². The third-order valence-corrected chi connectivity index (χ3v) is 3.61. The third-order valence-electron chi connectivity index (χ3n) is 3.61. The second kappa shape index (κ2) is 8.15. The van der Waals surface area contributed by atoms with Crippen LogP contribution in [-0.2, 0) is 16.0 Å². The molecule has 0 heterocycles. The van der Waals surface area contributed by atoms with Crippen LogP contribution in [0.25, 0.3) is 0 Å². The van der Waals surface area contributed by atoms with Gasteiger partial charge >= 0.3 is 0 Å². The lowest BCUT2D eigenvalue weighted by molar-refractivity contribution is -0.119. The number of carbonyl (C=O) groups is 2. The fourth-order valence-electron chi connectivity index (χ4n) is 2.19. The number of hydrogen-bond donors (Lipinski definition) is 3. The Bertz CT molecular complexity index is 726. The first-order valence-electron chi connectivity index (χ1n) is 8.00. The van der Waals surface area contributed by atoms with Crippen molar-refractivity contribution in [2.45, 2.75) is 26.7 Å². The molecule has 4 N–H and O–H groups in total. The molecule has 0 bridgehead atoms. The highest BCUT2D eigenvalue weighted by Crippen LogP contribution is 2.17. The lowest BCUT2D eigenvalue weighted by Crippen LogP contribution is -2.18. The first kappa shape index (κ1) is 17.5. The quantitative estimate of drug-likeness (QED) is 0.711. The van der Waals surface area contributed by atoms with E-state index in [1.807, 2.05) is 38.1 Å². The molecule has 0 spiro atoms. The summed E-state index contributed by atoms with van der Waals surface area (Å²) in [4.78, 5) is 23.8. The molecule has 0 aromatic heterocycles. The minimum absolute atomic E-state index is 0.0574. The standard InChI is InChI=1S/C19H23N3O2/c1-13(2)19(24)22-16-8-5-7-15(12-16)21-18(23)11-10-14-6-3-4-9-17(14)20/h3-9,12-13H,10-11,20H2,1-2H3,(H,21,23)(H,22,24). The second-order valence-corrected chi connectivity index (χ2v) is 5.97. The van der Waals surface area contributed by atoms with E-state index in [1.54, 1.807) is 24.3 Å². The Hall–Kier alpha value is -2.82. The summed E-state index contributed by atoms with van der Waals surface area (Å²) >= 11 is 0. The monoisotopic (exact) mass is 325 g/mol. The van der Waals surface area contributed by atoms with Gasteiger partial charge in [0.15, 0.2) is 0 Å². The van der Waals surface area contributed by atoms with Crippen molar-refractivity contribution in [2.24, 2.45) is 5.92 Å². The van der Waals surface area contributed by atoms with E-state index in [0.29, 0.717) is 29.9 Å². The SMILES string of the molecule is CC(C)C(=O)Nc1cccc(NC(=O)CCc2ccccc2N)c1. The van der Waals surface area contributed by atoms with Crippen LogP contribution in [0.15, 0.2) is 48.5 Å². The lowest BCUT2D eigenvalue weighted by atomic mass is 10.1. The van der Waals surface area contributed by atoms with Crippen LogP contribution in [0.3, 0.4) is 0 Å². The lowest BCUT2D eigenvalue weighted by Gasteiger charge is -2.10. The first-order valence-corrected chi connectivity index (χ1v) is 8.00. The predicted molar refractivity (Wildman–Crippen MR) is 97.7 cm³/mol. The van der Waals surface area contributed by atoms with Gasteiger partial charge in [-0.05, 0) is 36.2 Å². The maximum absolute atomic E-state index is 12.1. The number of nitrogens with one attached hydrogen (secondary N) is 2. The number of nitrogen functional groups attached to an aromatic ring is 1. The summed E-state index contributed by atoms with van der Waals surface area (Å²) in [6.07, 6.45) is 0.930. The van der Waals surface area contributed by atoms with Crippen molar-refractivity contribution >= 4 is 28.9 Å². The fourth-order valence-corrected chi connectivity index (χ4v) is 2.19. The van der Waals surface area contributed by atoms with Crippen molar-refractivity contribution in [3.05, 3.63) is 54.1 Å². The zero-order chi connectivity index (χ0) is 17.5. The van der Waals surface area contributed by atoms with Gasteiger partial charge < -0.3 is 16.4 Å². The van der Waals surface area contributed by atoms with Gasteiger partial charge in [0.05, 0.1) is 0 Å². The van der Waals surface area contributed by atoms with Crippen molar-refractivity contribution in [1.82, 2.24) is 0 Å². The number of aryl methyl sites for hydroxylation is 1. The van der Waals surface area contributed by atoms with Gasteiger partial charge in [0, 0.05) is 29.4 Å². The Labute approximate surface area is 142 Å². The van der Waals surface area contributed by atoms with Crippen LogP contribution in [-0.4, -0.2) is 11.8 Å². The maximum atomic E-state index is 12.1. The Balaban J connectivity index is 1.92. The van der Waals surface area contributed by atoms with Gasteiger partial charge in [-0.25, -0.2) is 0 Å². The minimum Gasteiger partial charge on any atom is -0.399 e. The molecule has 0 aliphatic carbocycles. The van der Waals surface area contributed by atoms with Gasteiger partial charge in [-0.3, -0.25) is 9.59 Å². The van der Waals surface area contributed by atoms with Gasteiger partial charge in [0.25, 0.3) is 0 Å². The largest absolute Gasteiger partial charge is 0.399 e. The van der Waals surface area contributed by atoms with Crippen molar-refractivity contribution in [1.29, 1.82) is 0 Å². The van der Waals surface area contributed by atoms with Crippen LogP contribution in [0, 0.1) is 5.92 Å². The molecule has 5 heteroatoms. The van der Waals surface area contributed by atoms with E-state index in [0.717, 1.165) is 5.56 Å². The summed E-state index contributed by atoms with van der Waals surface area (Å²) in [5.41, 5.74) is 8.86. The highest BCUT2D eigenvalue weighted by atomic mass is 16.2. The maximum Gasteiger partial charge on any atom is 0.226 e. The Morgan fingerprint density at radius 3 is 2.33 bits per heavy atom. The molecule has 0 aliphatic heterocycles. The molecule has 126 valence electrons. The van der Waals surface area contributed by atoms with Crippen LogP contribution in [0.5, 0.6) is 0 Å². The molecule has 24 heavy (non-hydrogen) atoms. The molecule has 0 fully saturated rings.